The fraction of sp³-hybridized carbons (Fsp3) is 0.0667. The Balaban J connectivity index is 2.24. The number of fused-ring (bicyclic) bond motifs is 1. The summed E-state index contributed by atoms with van der Waals surface area (Å²) in [5, 5.41) is 0.693. The molecule has 0 saturated heterocycles. The number of aromatic nitrogens is 1. The third kappa shape index (κ3) is 1.93. The highest BCUT2D eigenvalue weighted by atomic mass is 32.1. The average molecular weight is 253 g/mol. The summed E-state index contributed by atoms with van der Waals surface area (Å²) in [5.74, 6) is 0. The van der Waals surface area contributed by atoms with Gasteiger partial charge in [0.05, 0.1) is 5.39 Å². The number of hydrogen-bond donors (Lipinski definition) is 0. The second-order valence-electron chi connectivity index (χ2n) is 4.20. The van der Waals surface area contributed by atoms with Crippen LogP contribution < -0.4 is 5.43 Å². The van der Waals surface area contributed by atoms with Crippen molar-refractivity contribution in [3.63, 3.8) is 0 Å². The van der Waals surface area contributed by atoms with Gasteiger partial charge in [-0.25, -0.2) is 4.98 Å². The number of hydrogen-bond acceptors (Lipinski definition) is 3. The highest BCUT2D eigenvalue weighted by Crippen LogP contribution is 2.26. The number of rotatable bonds is 1. The summed E-state index contributed by atoms with van der Waals surface area (Å²) in [7, 11) is 0. The molecule has 2 nitrogen and oxygen atoms in total. The molecule has 0 atom stereocenters. The molecule has 0 spiro atoms. The lowest BCUT2D eigenvalue weighted by molar-refractivity contribution is 1.43. The number of benzene rings is 1. The Kier molecular flexibility index (Phi) is 2.68. The van der Waals surface area contributed by atoms with Crippen LogP contribution in [-0.4, -0.2) is 4.98 Å². The predicted octanol–water partition coefficient (Wildman–Crippen LogP) is 3.63. The Morgan fingerprint density at radius 3 is 2.67 bits per heavy atom. The summed E-state index contributed by atoms with van der Waals surface area (Å²) >= 11 is 1.55. The second-order valence-corrected chi connectivity index (χ2v) is 5.23. The van der Waals surface area contributed by atoms with Crippen molar-refractivity contribution >= 4 is 21.6 Å². The summed E-state index contributed by atoms with van der Waals surface area (Å²) in [6.07, 6.45) is 1.72. The third-order valence-corrected chi connectivity index (χ3v) is 3.93. The molecule has 3 rings (SSSR count). The lowest BCUT2D eigenvalue weighted by Crippen LogP contribution is -1.99. The minimum absolute atomic E-state index is 0.0347. The number of aryl methyl sites for hydroxylation is 1. The maximum absolute atomic E-state index is 12.0. The van der Waals surface area contributed by atoms with Crippen LogP contribution in [0.25, 0.3) is 20.7 Å². The SMILES string of the molecule is Cc1ccc(-c2cc(=O)c3cccnc3s2)cc1. The molecule has 0 radical (unpaired) electrons. The molecule has 3 aromatic rings. The lowest BCUT2D eigenvalue weighted by atomic mass is 10.1. The smallest absolute Gasteiger partial charge is 0.190 e. The first-order valence-corrected chi connectivity index (χ1v) is 6.51. The van der Waals surface area contributed by atoms with E-state index in [9.17, 15) is 4.79 Å². The van der Waals surface area contributed by atoms with Gasteiger partial charge < -0.3 is 0 Å². The van der Waals surface area contributed by atoms with E-state index in [-0.39, 0.29) is 5.43 Å². The van der Waals surface area contributed by atoms with Gasteiger partial charge in [-0.3, -0.25) is 4.79 Å². The van der Waals surface area contributed by atoms with Crippen LogP contribution in [0.4, 0.5) is 0 Å². The van der Waals surface area contributed by atoms with Gasteiger partial charge in [0.15, 0.2) is 5.43 Å². The maximum Gasteiger partial charge on any atom is 0.190 e. The van der Waals surface area contributed by atoms with E-state index in [1.54, 1.807) is 29.7 Å². The highest BCUT2D eigenvalue weighted by molar-refractivity contribution is 7.21. The van der Waals surface area contributed by atoms with Crippen molar-refractivity contribution in [1.82, 2.24) is 4.98 Å². The van der Waals surface area contributed by atoms with Gasteiger partial charge >= 0.3 is 0 Å². The zero-order valence-electron chi connectivity index (χ0n) is 9.88. The molecule has 0 fully saturated rings. The van der Waals surface area contributed by atoms with E-state index in [0.29, 0.717) is 5.39 Å². The van der Waals surface area contributed by atoms with E-state index in [1.807, 2.05) is 25.1 Å². The van der Waals surface area contributed by atoms with Crippen molar-refractivity contribution in [2.75, 3.05) is 0 Å². The van der Waals surface area contributed by atoms with E-state index in [0.717, 1.165) is 15.3 Å². The fourth-order valence-electron chi connectivity index (χ4n) is 1.85. The van der Waals surface area contributed by atoms with Gasteiger partial charge in [-0.1, -0.05) is 29.8 Å². The third-order valence-electron chi connectivity index (χ3n) is 2.84. The second kappa shape index (κ2) is 4.35. The van der Waals surface area contributed by atoms with E-state index >= 15 is 0 Å². The largest absolute Gasteiger partial charge is 0.289 e. The molecule has 1 aromatic carbocycles. The van der Waals surface area contributed by atoms with Crippen molar-refractivity contribution in [3.8, 4) is 10.4 Å². The summed E-state index contributed by atoms with van der Waals surface area (Å²) in [6, 6.07) is 13.5. The van der Waals surface area contributed by atoms with Crippen LogP contribution in [0.2, 0.25) is 0 Å². The van der Waals surface area contributed by atoms with E-state index in [2.05, 4.69) is 17.1 Å². The Labute approximate surface area is 109 Å². The number of pyridine rings is 1. The molecule has 18 heavy (non-hydrogen) atoms. The first kappa shape index (κ1) is 11.1. The van der Waals surface area contributed by atoms with Gasteiger partial charge in [0.2, 0.25) is 0 Å². The van der Waals surface area contributed by atoms with Crippen molar-refractivity contribution in [3.05, 3.63) is 64.4 Å². The Morgan fingerprint density at radius 2 is 1.89 bits per heavy atom. The molecule has 0 aliphatic carbocycles. The van der Waals surface area contributed by atoms with Crippen LogP contribution >= 0.6 is 11.3 Å². The molecule has 0 saturated carbocycles. The summed E-state index contributed by atoms with van der Waals surface area (Å²) in [5.41, 5.74) is 2.31. The van der Waals surface area contributed by atoms with Crippen LogP contribution in [0.1, 0.15) is 5.56 Å². The van der Waals surface area contributed by atoms with Gasteiger partial charge in [0, 0.05) is 17.1 Å². The van der Waals surface area contributed by atoms with Crippen LogP contribution in [0.3, 0.4) is 0 Å². The molecule has 3 heteroatoms. The van der Waals surface area contributed by atoms with Gasteiger partial charge in [0.25, 0.3) is 0 Å². The molecule has 88 valence electrons. The molecule has 0 amide bonds. The summed E-state index contributed by atoms with van der Waals surface area (Å²) in [6.45, 7) is 2.05. The minimum Gasteiger partial charge on any atom is -0.289 e. The van der Waals surface area contributed by atoms with E-state index in [1.165, 1.54) is 5.56 Å². The standard InChI is InChI=1S/C15H11NOS/c1-10-4-6-11(7-5-10)14-9-13(17)12-3-2-8-16-15(12)18-14/h2-9H,1H3. The first-order chi connectivity index (χ1) is 8.74. The average Bonchev–Trinajstić information content (AvgIpc) is 2.39. The molecule has 2 heterocycles. The van der Waals surface area contributed by atoms with Crippen LogP contribution in [0, 0.1) is 6.92 Å². The monoisotopic (exact) mass is 253 g/mol. The molecule has 0 bridgehead atoms. The van der Waals surface area contributed by atoms with Crippen molar-refractivity contribution in [2.45, 2.75) is 6.92 Å². The van der Waals surface area contributed by atoms with Crippen LogP contribution in [-0.2, 0) is 0 Å². The molecule has 2 aromatic heterocycles. The topological polar surface area (TPSA) is 30.0 Å². The molecular weight excluding hydrogens is 242 g/mol. The Morgan fingerprint density at radius 1 is 1.11 bits per heavy atom. The zero-order chi connectivity index (χ0) is 12.5. The summed E-state index contributed by atoms with van der Waals surface area (Å²) < 4.78 is 0. The molecule has 0 aliphatic rings. The quantitative estimate of drug-likeness (QED) is 0.663. The lowest BCUT2D eigenvalue weighted by Gasteiger charge is -2.02. The van der Waals surface area contributed by atoms with Crippen LogP contribution in [0.15, 0.2) is 53.5 Å². The Hall–Kier alpha value is -2.00. The van der Waals surface area contributed by atoms with Crippen molar-refractivity contribution in [1.29, 1.82) is 0 Å². The molecule has 0 unspecified atom stereocenters. The number of nitrogens with zero attached hydrogens (tertiary/aromatic N) is 1. The molecule has 0 aliphatic heterocycles. The zero-order valence-corrected chi connectivity index (χ0v) is 10.7. The normalized spacial score (nSPS) is 10.7. The predicted molar refractivity (Wildman–Crippen MR) is 76.1 cm³/mol. The van der Waals surface area contributed by atoms with Crippen molar-refractivity contribution in [2.24, 2.45) is 0 Å². The van der Waals surface area contributed by atoms with Gasteiger partial charge in [-0.05, 0) is 24.6 Å². The van der Waals surface area contributed by atoms with Crippen molar-refractivity contribution < 1.29 is 0 Å². The molecule has 0 N–H and O–H groups in total. The van der Waals surface area contributed by atoms with E-state index < -0.39 is 0 Å². The maximum atomic E-state index is 12.0. The van der Waals surface area contributed by atoms with Gasteiger partial charge in [0.1, 0.15) is 4.83 Å². The van der Waals surface area contributed by atoms with E-state index in [4.69, 9.17) is 0 Å². The van der Waals surface area contributed by atoms with Gasteiger partial charge in [-0.2, -0.15) is 0 Å². The van der Waals surface area contributed by atoms with Gasteiger partial charge in [-0.15, -0.1) is 11.3 Å². The minimum atomic E-state index is 0.0347. The highest BCUT2D eigenvalue weighted by Gasteiger charge is 2.05. The summed E-state index contributed by atoms with van der Waals surface area (Å²) in [4.78, 5) is 18.0. The fourth-order valence-corrected chi connectivity index (χ4v) is 2.87. The Bertz CT molecular complexity index is 759. The first-order valence-electron chi connectivity index (χ1n) is 5.70. The van der Waals surface area contributed by atoms with Crippen LogP contribution in [0.5, 0.6) is 0 Å². The molecular formula is C15H11NOS.